The average Bonchev–Trinajstić information content (AvgIpc) is 2.39. The standard InChI is InChI=1S/C12H14N2O4/c13-12(17)11(14-8-16)10(6-15)18-7-9-4-2-1-3-5-9/h1-6,8,10-11H,7H2,(H2,13,17)(H,14,16). The second kappa shape index (κ2) is 7.18. The summed E-state index contributed by atoms with van der Waals surface area (Å²) < 4.78 is 5.26. The largest absolute Gasteiger partial charge is 0.368 e. The van der Waals surface area contributed by atoms with Crippen LogP contribution in [0.5, 0.6) is 0 Å². The molecule has 2 amide bonds. The molecule has 18 heavy (non-hydrogen) atoms. The van der Waals surface area contributed by atoms with Gasteiger partial charge in [-0.25, -0.2) is 0 Å². The van der Waals surface area contributed by atoms with Crippen LogP contribution in [-0.2, 0) is 25.7 Å². The molecular formula is C12H14N2O4. The van der Waals surface area contributed by atoms with E-state index >= 15 is 0 Å². The molecule has 0 spiro atoms. The third-order valence-electron chi connectivity index (χ3n) is 2.30. The van der Waals surface area contributed by atoms with E-state index in [-0.39, 0.29) is 6.61 Å². The molecule has 1 rings (SSSR count). The topological polar surface area (TPSA) is 98.5 Å². The van der Waals surface area contributed by atoms with Gasteiger partial charge in [0.05, 0.1) is 6.61 Å². The van der Waals surface area contributed by atoms with Crippen LogP contribution in [0.3, 0.4) is 0 Å². The number of nitrogens with one attached hydrogen (secondary N) is 1. The number of ether oxygens (including phenoxy) is 1. The lowest BCUT2D eigenvalue weighted by Crippen LogP contribution is -2.50. The summed E-state index contributed by atoms with van der Waals surface area (Å²) in [5, 5.41) is 2.16. The molecule has 1 aromatic carbocycles. The molecule has 3 N–H and O–H groups in total. The van der Waals surface area contributed by atoms with Crippen LogP contribution in [0.15, 0.2) is 30.3 Å². The Labute approximate surface area is 104 Å². The fourth-order valence-corrected chi connectivity index (χ4v) is 1.39. The van der Waals surface area contributed by atoms with Crippen molar-refractivity contribution in [1.29, 1.82) is 0 Å². The van der Waals surface area contributed by atoms with Crippen molar-refractivity contribution in [2.75, 3.05) is 0 Å². The minimum Gasteiger partial charge on any atom is -0.368 e. The van der Waals surface area contributed by atoms with Crippen LogP contribution in [0.25, 0.3) is 0 Å². The van der Waals surface area contributed by atoms with E-state index in [0.29, 0.717) is 12.7 Å². The maximum atomic E-state index is 11.1. The molecule has 0 saturated heterocycles. The van der Waals surface area contributed by atoms with E-state index in [1.807, 2.05) is 30.3 Å². The summed E-state index contributed by atoms with van der Waals surface area (Å²) in [6.07, 6.45) is -0.361. The third-order valence-corrected chi connectivity index (χ3v) is 2.30. The Morgan fingerprint density at radius 2 is 2.00 bits per heavy atom. The van der Waals surface area contributed by atoms with Crippen LogP contribution >= 0.6 is 0 Å². The first-order valence-corrected chi connectivity index (χ1v) is 5.29. The molecular weight excluding hydrogens is 236 g/mol. The molecule has 96 valence electrons. The van der Waals surface area contributed by atoms with Gasteiger partial charge in [-0.15, -0.1) is 0 Å². The Morgan fingerprint density at radius 1 is 1.33 bits per heavy atom. The van der Waals surface area contributed by atoms with E-state index < -0.39 is 18.1 Å². The van der Waals surface area contributed by atoms with Gasteiger partial charge >= 0.3 is 0 Å². The lowest BCUT2D eigenvalue weighted by molar-refractivity contribution is -0.133. The highest BCUT2D eigenvalue weighted by Crippen LogP contribution is 2.05. The summed E-state index contributed by atoms with van der Waals surface area (Å²) in [4.78, 5) is 32.2. The highest BCUT2D eigenvalue weighted by Gasteiger charge is 2.26. The molecule has 0 heterocycles. The highest BCUT2D eigenvalue weighted by atomic mass is 16.5. The zero-order valence-corrected chi connectivity index (χ0v) is 9.61. The van der Waals surface area contributed by atoms with Crippen LogP contribution in [0.4, 0.5) is 0 Å². The van der Waals surface area contributed by atoms with Crippen LogP contribution in [-0.4, -0.2) is 30.7 Å². The zero-order chi connectivity index (χ0) is 13.4. The molecule has 0 aliphatic carbocycles. The summed E-state index contributed by atoms with van der Waals surface area (Å²) in [6.45, 7) is 0.147. The summed E-state index contributed by atoms with van der Waals surface area (Å²) in [5.74, 6) is -0.827. The van der Waals surface area contributed by atoms with Crippen molar-refractivity contribution in [3.8, 4) is 0 Å². The maximum Gasteiger partial charge on any atom is 0.243 e. The van der Waals surface area contributed by atoms with E-state index in [1.165, 1.54) is 0 Å². The number of aldehydes is 1. The molecule has 6 heteroatoms. The van der Waals surface area contributed by atoms with Gasteiger partial charge in [0.1, 0.15) is 12.1 Å². The summed E-state index contributed by atoms with van der Waals surface area (Å²) in [5.41, 5.74) is 5.91. The van der Waals surface area contributed by atoms with Crippen LogP contribution in [0.2, 0.25) is 0 Å². The lowest BCUT2D eigenvalue weighted by atomic mass is 10.1. The third kappa shape index (κ3) is 3.99. The average molecular weight is 250 g/mol. The molecule has 0 radical (unpaired) electrons. The zero-order valence-electron chi connectivity index (χ0n) is 9.61. The first-order chi connectivity index (χ1) is 8.69. The van der Waals surface area contributed by atoms with Gasteiger partial charge in [0, 0.05) is 0 Å². The minimum atomic E-state index is -1.16. The van der Waals surface area contributed by atoms with Gasteiger partial charge in [-0.2, -0.15) is 0 Å². The number of amides is 2. The van der Waals surface area contributed by atoms with Gasteiger partial charge in [0.15, 0.2) is 6.29 Å². The second-order valence-electron chi connectivity index (χ2n) is 3.56. The summed E-state index contributed by atoms with van der Waals surface area (Å²) in [6, 6.07) is 7.96. The molecule has 2 atom stereocenters. The van der Waals surface area contributed by atoms with Crippen LogP contribution < -0.4 is 11.1 Å². The first kappa shape index (κ1) is 13.9. The SMILES string of the molecule is NC(=O)C(NC=O)C(C=O)OCc1ccccc1. The van der Waals surface area contributed by atoms with Crippen molar-refractivity contribution >= 4 is 18.6 Å². The minimum absolute atomic E-state index is 0.147. The van der Waals surface area contributed by atoms with Gasteiger partial charge in [0.25, 0.3) is 0 Å². The predicted octanol–water partition coefficient (Wildman–Crippen LogP) is -0.629. The van der Waals surface area contributed by atoms with Gasteiger partial charge in [-0.1, -0.05) is 30.3 Å². The Bertz CT molecular complexity index is 408. The van der Waals surface area contributed by atoms with Crippen LogP contribution in [0.1, 0.15) is 5.56 Å². The van der Waals surface area contributed by atoms with Crippen molar-refractivity contribution in [1.82, 2.24) is 5.32 Å². The Balaban J connectivity index is 2.63. The Kier molecular flexibility index (Phi) is 5.53. The van der Waals surface area contributed by atoms with Gasteiger partial charge in [-0.05, 0) is 5.56 Å². The van der Waals surface area contributed by atoms with Crippen molar-refractivity contribution in [3.05, 3.63) is 35.9 Å². The normalized spacial score (nSPS) is 13.3. The van der Waals surface area contributed by atoms with Gasteiger partial charge in [-0.3, -0.25) is 9.59 Å². The number of carbonyl (C=O) groups is 3. The number of hydrogen-bond acceptors (Lipinski definition) is 4. The molecule has 2 unspecified atom stereocenters. The number of hydrogen-bond donors (Lipinski definition) is 2. The van der Waals surface area contributed by atoms with Crippen LogP contribution in [0, 0.1) is 0 Å². The summed E-state index contributed by atoms with van der Waals surface area (Å²) >= 11 is 0. The maximum absolute atomic E-state index is 11.1. The fraction of sp³-hybridized carbons (Fsp3) is 0.250. The Hall–Kier alpha value is -2.21. The van der Waals surface area contributed by atoms with Crippen molar-refractivity contribution < 1.29 is 19.1 Å². The van der Waals surface area contributed by atoms with Crippen molar-refractivity contribution in [2.24, 2.45) is 5.73 Å². The van der Waals surface area contributed by atoms with E-state index in [1.54, 1.807) is 0 Å². The quantitative estimate of drug-likeness (QED) is 0.600. The van der Waals surface area contributed by atoms with Gasteiger partial charge < -0.3 is 20.6 Å². The second-order valence-corrected chi connectivity index (χ2v) is 3.56. The molecule has 0 saturated carbocycles. The van der Waals surface area contributed by atoms with E-state index in [0.717, 1.165) is 5.56 Å². The number of primary amides is 1. The smallest absolute Gasteiger partial charge is 0.243 e. The van der Waals surface area contributed by atoms with E-state index in [4.69, 9.17) is 10.5 Å². The van der Waals surface area contributed by atoms with E-state index in [2.05, 4.69) is 5.32 Å². The molecule has 0 aromatic heterocycles. The lowest BCUT2D eigenvalue weighted by Gasteiger charge is -2.19. The predicted molar refractivity (Wildman–Crippen MR) is 63.3 cm³/mol. The van der Waals surface area contributed by atoms with Crippen molar-refractivity contribution in [3.63, 3.8) is 0 Å². The molecule has 0 aliphatic heterocycles. The number of benzene rings is 1. The number of nitrogens with two attached hydrogens (primary N) is 1. The van der Waals surface area contributed by atoms with Crippen molar-refractivity contribution in [2.45, 2.75) is 18.8 Å². The summed E-state index contributed by atoms with van der Waals surface area (Å²) in [7, 11) is 0. The monoisotopic (exact) mass is 250 g/mol. The molecule has 1 aromatic rings. The van der Waals surface area contributed by atoms with Gasteiger partial charge in [0.2, 0.25) is 12.3 Å². The molecule has 0 fully saturated rings. The molecule has 0 aliphatic rings. The van der Waals surface area contributed by atoms with E-state index in [9.17, 15) is 14.4 Å². The highest BCUT2D eigenvalue weighted by molar-refractivity contribution is 5.86. The Morgan fingerprint density at radius 3 is 2.50 bits per heavy atom. The molecule has 0 bridgehead atoms. The first-order valence-electron chi connectivity index (χ1n) is 5.29. The number of rotatable bonds is 8. The number of carbonyl (C=O) groups excluding carboxylic acids is 3. The molecule has 6 nitrogen and oxygen atoms in total. The fourth-order valence-electron chi connectivity index (χ4n) is 1.39.